The first kappa shape index (κ1) is 27.6. The molecule has 1 unspecified atom stereocenters. The third kappa shape index (κ3) is 6.69. The van der Waals surface area contributed by atoms with Crippen molar-refractivity contribution in [3.8, 4) is 0 Å². The minimum atomic E-state index is -3.86. The second kappa shape index (κ2) is 11.1. The number of carbonyl (C=O) groups excluding carboxylic acids is 1. The van der Waals surface area contributed by atoms with Gasteiger partial charge in [-0.1, -0.05) is 41.6 Å². The first-order chi connectivity index (χ1) is 17.9. The van der Waals surface area contributed by atoms with Gasteiger partial charge in [0.2, 0.25) is 10.0 Å². The summed E-state index contributed by atoms with van der Waals surface area (Å²) < 4.78 is 34.9. The van der Waals surface area contributed by atoms with Gasteiger partial charge in [-0.15, -0.1) is 11.3 Å². The molecule has 1 aromatic heterocycles. The van der Waals surface area contributed by atoms with E-state index in [-0.39, 0.29) is 23.2 Å². The van der Waals surface area contributed by atoms with Gasteiger partial charge in [0.25, 0.3) is 0 Å². The smallest absolute Gasteiger partial charge is 0.410 e. The van der Waals surface area contributed by atoms with Gasteiger partial charge in [0.1, 0.15) is 10.6 Å². The molecule has 0 fully saturated rings. The van der Waals surface area contributed by atoms with Crippen molar-refractivity contribution in [1.82, 2.24) is 14.6 Å². The summed E-state index contributed by atoms with van der Waals surface area (Å²) in [7, 11) is -3.86. The van der Waals surface area contributed by atoms with Crippen LogP contribution in [0.3, 0.4) is 0 Å². The number of rotatable bonds is 7. The minimum Gasteiger partial charge on any atom is -0.444 e. The fourth-order valence-corrected chi connectivity index (χ4v) is 6.51. The number of sulfonamides is 1. The number of hydrogen-bond donors (Lipinski definition) is 3. The predicted molar refractivity (Wildman–Crippen MR) is 145 cm³/mol. The number of benzene rings is 2. The van der Waals surface area contributed by atoms with Gasteiger partial charge in [0.05, 0.1) is 23.2 Å². The zero-order chi connectivity index (χ0) is 27.5. The second-order valence-electron chi connectivity index (χ2n) is 9.95. The summed E-state index contributed by atoms with van der Waals surface area (Å²) in [6.07, 6.45) is 0.433. The molecule has 2 heterocycles. The van der Waals surface area contributed by atoms with E-state index in [9.17, 15) is 13.2 Å². The quantitative estimate of drug-likeness (QED) is 0.173. The molecule has 38 heavy (non-hydrogen) atoms. The van der Waals surface area contributed by atoms with Gasteiger partial charge in [-0.2, -0.15) is 0 Å². The molecule has 4 N–H and O–H groups in total. The fraction of sp³-hybridized carbons (Fsp3) is 0.346. The molecule has 2 aromatic carbocycles. The molecule has 12 heteroatoms. The monoisotopic (exact) mass is 557 g/mol. The standard InChI is InChI=1S/C26H31N5O5S2/c1-26(2,3)36-25(32)31-13-12-20-22(16-31)37-24(28-20)21(30-38(34,35)19-10-5-4-6-11-19)15-17-8-7-9-18(14-17)23(27)29-33/h4-11,14,21,30,33H,12-13,15-16H2,1-3H3,(H2,27,29). The molecule has 0 spiro atoms. The van der Waals surface area contributed by atoms with E-state index in [2.05, 4.69) is 9.88 Å². The molecule has 3 aromatic rings. The van der Waals surface area contributed by atoms with E-state index in [0.29, 0.717) is 30.1 Å². The van der Waals surface area contributed by atoms with Crippen LogP contribution >= 0.6 is 11.3 Å². The number of amidine groups is 1. The predicted octanol–water partition coefficient (Wildman–Crippen LogP) is 3.79. The van der Waals surface area contributed by atoms with Gasteiger partial charge in [-0.05, 0) is 51.0 Å². The highest BCUT2D eigenvalue weighted by molar-refractivity contribution is 7.89. The number of carbonyl (C=O) groups is 1. The average molecular weight is 558 g/mol. The maximum Gasteiger partial charge on any atom is 0.410 e. The number of thiazole rings is 1. The van der Waals surface area contributed by atoms with Crippen molar-refractivity contribution in [1.29, 1.82) is 0 Å². The fourth-order valence-electron chi connectivity index (χ4n) is 4.03. The zero-order valence-electron chi connectivity index (χ0n) is 21.4. The van der Waals surface area contributed by atoms with Crippen LogP contribution in [0.25, 0.3) is 0 Å². The van der Waals surface area contributed by atoms with Crippen molar-refractivity contribution in [3.05, 3.63) is 81.3 Å². The molecule has 0 aliphatic carbocycles. The summed E-state index contributed by atoms with van der Waals surface area (Å²) in [5, 5.41) is 12.7. The Morgan fingerprint density at radius 1 is 1.24 bits per heavy atom. The summed E-state index contributed by atoms with van der Waals surface area (Å²) in [5.41, 5.74) is 7.30. The van der Waals surface area contributed by atoms with Crippen molar-refractivity contribution in [3.63, 3.8) is 0 Å². The molecule has 0 saturated carbocycles. The summed E-state index contributed by atoms with van der Waals surface area (Å²) in [4.78, 5) is 20.1. The molecule has 202 valence electrons. The molecule has 1 amide bonds. The lowest BCUT2D eigenvalue weighted by atomic mass is 10.0. The Morgan fingerprint density at radius 3 is 2.66 bits per heavy atom. The van der Waals surface area contributed by atoms with Crippen LogP contribution in [0.5, 0.6) is 0 Å². The lowest BCUT2D eigenvalue weighted by molar-refractivity contribution is 0.0225. The minimum absolute atomic E-state index is 0.0415. The third-order valence-corrected chi connectivity index (χ3v) is 8.50. The lowest BCUT2D eigenvalue weighted by Crippen LogP contribution is -2.39. The van der Waals surface area contributed by atoms with E-state index in [0.717, 1.165) is 16.1 Å². The number of nitrogens with two attached hydrogens (primary N) is 1. The van der Waals surface area contributed by atoms with Crippen LogP contribution in [0, 0.1) is 0 Å². The van der Waals surface area contributed by atoms with E-state index in [4.69, 9.17) is 20.7 Å². The largest absolute Gasteiger partial charge is 0.444 e. The van der Waals surface area contributed by atoms with Crippen molar-refractivity contribution in [2.45, 2.75) is 56.7 Å². The maximum atomic E-state index is 13.3. The average Bonchev–Trinajstić information content (AvgIpc) is 3.31. The SMILES string of the molecule is CC(C)(C)OC(=O)N1CCc2nc(C(Cc3cccc(C(N)=NO)c3)NS(=O)(=O)c3ccccc3)sc2C1. The van der Waals surface area contributed by atoms with Gasteiger partial charge in [-0.25, -0.2) is 22.9 Å². The molecule has 0 radical (unpaired) electrons. The first-order valence-electron chi connectivity index (χ1n) is 12.1. The topological polar surface area (TPSA) is 147 Å². The van der Waals surface area contributed by atoms with Crippen LogP contribution < -0.4 is 10.5 Å². The van der Waals surface area contributed by atoms with Gasteiger partial charge >= 0.3 is 6.09 Å². The molecular weight excluding hydrogens is 526 g/mol. The number of ether oxygens (including phenoxy) is 1. The summed E-state index contributed by atoms with van der Waals surface area (Å²) >= 11 is 1.38. The van der Waals surface area contributed by atoms with E-state index < -0.39 is 21.7 Å². The summed E-state index contributed by atoms with van der Waals surface area (Å²) in [5.74, 6) is -0.0415. The van der Waals surface area contributed by atoms with E-state index in [1.54, 1.807) is 41.3 Å². The zero-order valence-corrected chi connectivity index (χ0v) is 23.1. The molecule has 1 aliphatic heterocycles. The van der Waals surface area contributed by atoms with Gasteiger partial charge < -0.3 is 20.6 Å². The number of nitrogens with one attached hydrogen (secondary N) is 1. The highest BCUT2D eigenvalue weighted by atomic mass is 32.2. The highest BCUT2D eigenvalue weighted by Gasteiger charge is 2.31. The molecule has 0 bridgehead atoms. The van der Waals surface area contributed by atoms with Crippen LogP contribution in [-0.4, -0.2) is 47.6 Å². The van der Waals surface area contributed by atoms with E-state index >= 15 is 0 Å². The van der Waals surface area contributed by atoms with Crippen LogP contribution in [0.1, 0.15) is 53.5 Å². The molecule has 0 saturated heterocycles. The Labute approximate surface area is 226 Å². The molecule has 1 atom stereocenters. The lowest BCUT2D eigenvalue weighted by Gasteiger charge is -2.29. The Hall–Kier alpha value is -3.48. The number of amides is 1. The van der Waals surface area contributed by atoms with Crippen LogP contribution in [0.2, 0.25) is 0 Å². The number of fused-ring (bicyclic) bond motifs is 1. The van der Waals surface area contributed by atoms with Gasteiger partial charge in [0, 0.05) is 23.4 Å². The van der Waals surface area contributed by atoms with Crippen molar-refractivity contribution >= 4 is 33.3 Å². The number of hydrogen-bond acceptors (Lipinski definition) is 8. The number of nitrogens with zero attached hydrogens (tertiary/aromatic N) is 3. The molecular formula is C26H31N5O5S2. The Bertz CT molecular complexity index is 1430. The third-order valence-electron chi connectivity index (χ3n) is 5.82. The Kier molecular flexibility index (Phi) is 8.05. The summed E-state index contributed by atoms with van der Waals surface area (Å²) in [6.45, 7) is 6.28. The van der Waals surface area contributed by atoms with Crippen LogP contribution in [-0.2, 0) is 34.1 Å². The normalized spacial score (nSPS) is 15.1. The first-order valence-corrected chi connectivity index (χ1v) is 14.4. The van der Waals surface area contributed by atoms with E-state index in [1.165, 1.54) is 23.5 Å². The Morgan fingerprint density at radius 2 is 1.97 bits per heavy atom. The maximum absolute atomic E-state index is 13.3. The van der Waals surface area contributed by atoms with Gasteiger partial charge in [0.15, 0.2) is 5.84 Å². The number of oxime groups is 1. The Balaban J connectivity index is 1.64. The second-order valence-corrected chi connectivity index (χ2v) is 12.8. The van der Waals surface area contributed by atoms with E-state index in [1.807, 2.05) is 26.8 Å². The van der Waals surface area contributed by atoms with Gasteiger partial charge in [-0.3, -0.25) is 0 Å². The highest BCUT2D eigenvalue weighted by Crippen LogP contribution is 2.32. The molecule has 4 rings (SSSR count). The molecule has 1 aliphatic rings. The van der Waals surface area contributed by atoms with Crippen LogP contribution in [0.15, 0.2) is 64.6 Å². The van der Waals surface area contributed by atoms with Crippen molar-refractivity contribution in [2.75, 3.05) is 6.54 Å². The van der Waals surface area contributed by atoms with Crippen LogP contribution in [0.4, 0.5) is 4.79 Å². The summed E-state index contributed by atoms with van der Waals surface area (Å²) in [6, 6.07) is 14.5. The van der Waals surface area contributed by atoms with Crippen molar-refractivity contribution in [2.24, 2.45) is 10.9 Å². The van der Waals surface area contributed by atoms with Crippen molar-refractivity contribution < 1.29 is 23.2 Å². The molecule has 10 nitrogen and oxygen atoms in total. The number of aromatic nitrogens is 1.